The zero-order valence-corrected chi connectivity index (χ0v) is 20.9. The van der Waals surface area contributed by atoms with Crippen molar-refractivity contribution in [3.63, 3.8) is 0 Å². The lowest BCUT2D eigenvalue weighted by molar-refractivity contribution is -0.257. The quantitative estimate of drug-likeness (QED) is 0.470. The number of benzene rings is 1. The molecule has 1 atom stereocenters. The molecule has 1 aromatic carbocycles. The Balaban J connectivity index is 1.97. The number of methoxy groups -OCH3 is 1. The van der Waals surface area contributed by atoms with Crippen molar-refractivity contribution >= 4 is 27.6 Å². The Morgan fingerprint density at radius 1 is 1.22 bits per heavy atom. The van der Waals surface area contributed by atoms with Gasteiger partial charge in [-0.05, 0) is 44.0 Å². The molecule has 37 heavy (non-hydrogen) atoms. The Morgan fingerprint density at radius 3 is 2.54 bits per heavy atom. The van der Waals surface area contributed by atoms with Crippen LogP contribution in [0.3, 0.4) is 0 Å². The fraction of sp³-hybridized carbons (Fsp3) is 0.435. The molecular formula is C23H25F3N2O8S. The highest BCUT2D eigenvalue weighted by atomic mass is 32.2. The molecule has 0 radical (unpaired) electrons. The van der Waals surface area contributed by atoms with E-state index in [2.05, 4.69) is 9.72 Å². The standard InChI is InChI=1S/C23H25F3N2O8S/c1-22(2,23(24,25)26)36-21(31)11-14-4-6-18-17(10-14)28(13-15(35-18)5-7-20(29)30)37(32,33)16-8-9-27-19(12-16)34-3/h4,6,8-10,12,15H,5,7,11,13H2,1-3H3,(H,29,30)/t15-/m0/s1. The molecule has 0 fully saturated rings. The van der Waals surface area contributed by atoms with Crippen LogP contribution in [0, 0.1) is 0 Å². The topological polar surface area (TPSA) is 132 Å². The number of halogens is 3. The zero-order valence-electron chi connectivity index (χ0n) is 20.1. The van der Waals surface area contributed by atoms with Crippen LogP contribution in [0.5, 0.6) is 11.6 Å². The van der Waals surface area contributed by atoms with Crippen LogP contribution in [-0.2, 0) is 30.8 Å². The van der Waals surface area contributed by atoms with E-state index in [1.807, 2.05) is 0 Å². The molecule has 0 amide bonds. The van der Waals surface area contributed by atoms with E-state index >= 15 is 0 Å². The van der Waals surface area contributed by atoms with Crippen LogP contribution >= 0.6 is 0 Å². The summed E-state index contributed by atoms with van der Waals surface area (Å²) in [5, 5.41) is 9.03. The lowest BCUT2D eigenvalue weighted by Crippen LogP contribution is -2.44. The Labute approximate surface area is 211 Å². The molecule has 0 unspecified atom stereocenters. The smallest absolute Gasteiger partial charge is 0.427 e. The fourth-order valence-electron chi connectivity index (χ4n) is 3.47. The molecule has 1 N–H and O–H groups in total. The molecule has 14 heteroatoms. The highest BCUT2D eigenvalue weighted by Crippen LogP contribution is 2.39. The molecule has 3 rings (SSSR count). The monoisotopic (exact) mass is 546 g/mol. The number of carboxylic acids is 1. The maximum Gasteiger partial charge on any atom is 0.427 e. The van der Waals surface area contributed by atoms with Gasteiger partial charge in [0.2, 0.25) is 11.5 Å². The van der Waals surface area contributed by atoms with Gasteiger partial charge in [-0.2, -0.15) is 13.2 Å². The average molecular weight is 547 g/mol. The number of aliphatic carboxylic acids is 1. The molecular weight excluding hydrogens is 521 g/mol. The van der Waals surface area contributed by atoms with E-state index in [1.165, 1.54) is 43.6 Å². The van der Waals surface area contributed by atoms with E-state index in [4.69, 9.17) is 14.6 Å². The largest absolute Gasteiger partial charge is 0.486 e. The predicted octanol–water partition coefficient (Wildman–Crippen LogP) is 3.34. The summed E-state index contributed by atoms with van der Waals surface area (Å²) in [5.74, 6) is -2.11. The molecule has 10 nitrogen and oxygen atoms in total. The molecule has 2 heterocycles. The van der Waals surface area contributed by atoms with E-state index in [9.17, 15) is 31.2 Å². The Bertz CT molecular complexity index is 1280. The number of esters is 1. The minimum atomic E-state index is -4.78. The van der Waals surface area contributed by atoms with Gasteiger partial charge in [-0.1, -0.05) is 6.07 Å². The van der Waals surface area contributed by atoms with E-state index in [-0.39, 0.29) is 47.2 Å². The summed E-state index contributed by atoms with van der Waals surface area (Å²) in [6, 6.07) is 6.52. The zero-order chi connectivity index (χ0) is 27.6. The van der Waals surface area contributed by atoms with E-state index < -0.39 is 46.3 Å². The van der Waals surface area contributed by atoms with Crippen LogP contribution in [0.15, 0.2) is 41.4 Å². The lowest BCUT2D eigenvalue weighted by Gasteiger charge is -2.35. The van der Waals surface area contributed by atoms with Crippen LogP contribution in [0.2, 0.25) is 0 Å². The molecule has 1 aromatic heterocycles. The number of alkyl halides is 3. The fourth-order valence-corrected chi connectivity index (χ4v) is 4.97. The molecule has 1 aliphatic rings. The molecule has 202 valence electrons. The number of anilines is 1. The SMILES string of the molecule is COc1cc(S(=O)(=O)N2C[C@H](CCC(=O)O)Oc3ccc(CC(=O)OC(C)(C)C(F)(F)F)cc32)ccn1. The second-order valence-electron chi connectivity index (χ2n) is 8.70. The second kappa shape index (κ2) is 10.4. The Hall–Kier alpha value is -3.55. The predicted molar refractivity (Wildman–Crippen MR) is 123 cm³/mol. The number of carboxylic acid groups (broad SMARTS) is 1. The molecule has 0 saturated carbocycles. The minimum absolute atomic E-state index is 0.0149. The van der Waals surface area contributed by atoms with Crippen molar-refractivity contribution in [2.75, 3.05) is 18.0 Å². The maximum absolute atomic E-state index is 13.6. The summed E-state index contributed by atoms with van der Waals surface area (Å²) < 4.78 is 82.9. The van der Waals surface area contributed by atoms with Gasteiger partial charge in [-0.15, -0.1) is 0 Å². The van der Waals surface area contributed by atoms with Crippen LogP contribution < -0.4 is 13.8 Å². The Morgan fingerprint density at radius 2 is 1.92 bits per heavy atom. The first-order valence-electron chi connectivity index (χ1n) is 11.0. The van der Waals surface area contributed by atoms with E-state index in [0.717, 1.165) is 18.2 Å². The summed E-state index contributed by atoms with van der Waals surface area (Å²) in [5.41, 5.74) is -2.50. The van der Waals surface area contributed by atoms with Gasteiger partial charge in [-0.25, -0.2) is 13.4 Å². The number of ether oxygens (including phenoxy) is 3. The van der Waals surface area contributed by atoms with Gasteiger partial charge in [0.1, 0.15) is 11.9 Å². The highest BCUT2D eigenvalue weighted by Gasteiger charge is 2.50. The number of hydrogen-bond donors (Lipinski definition) is 1. The minimum Gasteiger partial charge on any atom is -0.486 e. The van der Waals surface area contributed by atoms with Gasteiger partial charge in [-0.3, -0.25) is 13.9 Å². The number of fused-ring (bicyclic) bond motifs is 1. The van der Waals surface area contributed by atoms with Crippen molar-refractivity contribution in [1.82, 2.24) is 4.98 Å². The van der Waals surface area contributed by atoms with Gasteiger partial charge < -0.3 is 19.3 Å². The number of hydrogen-bond acceptors (Lipinski definition) is 8. The summed E-state index contributed by atoms with van der Waals surface area (Å²) in [7, 11) is -2.94. The first kappa shape index (κ1) is 28.0. The van der Waals surface area contributed by atoms with Crippen molar-refractivity contribution in [2.45, 2.75) is 55.9 Å². The van der Waals surface area contributed by atoms with Gasteiger partial charge >= 0.3 is 18.1 Å². The normalized spacial score (nSPS) is 15.9. The lowest BCUT2D eigenvalue weighted by atomic mass is 10.1. The van der Waals surface area contributed by atoms with Gasteiger partial charge in [0.25, 0.3) is 10.0 Å². The second-order valence-corrected chi connectivity index (χ2v) is 10.6. The third-order valence-electron chi connectivity index (χ3n) is 5.54. The van der Waals surface area contributed by atoms with E-state index in [0.29, 0.717) is 0 Å². The summed E-state index contributed by atoms with van der Waals surface area (Å²) in [6.45, 7) is 1.20. The number of carbonyl (C=O) groups is 2. The van der Waals surface area contributed by atoms with Crippen LogP contribution in [-0.4, -0.2) is 62.0 Å². The van der Waals surface area contributed by atoms with E-state index in [1.54, 1.807) is 0 Å². The van der Waals surface area contributed by atoms with Crippen LogP contribution in [0.1, 0.15) is 32.3 Å². The van der Waals surface area contributed by atoms with Gasteiger partial charge in [0.15, 0.2) is 0 Å². The van der Waals surface area contributed by atoms with Crippen molar-refractivity contribution in [3.05, 3.63) is 42.1 Å². The third kappa shape index (κ3) is 6.42. The van der Waals surface area contributed by atoms with Crippen molar-refractivity contribution in [1.29, 1.82) is 0 Å². The first-order chi connectivity index (χ1) is 17.1. The van der Waals surface area contributed by atoms with Crippen LogP contribution in [0.4, 0.5) is 18.9 Å². The summed E-state index contributed by atoms with van der Waals surface area (Å²) in [6.07, 6.45) is -5.16. The summed E-state index contributed by atoms with van der Waals surface area (Å²) >= 11 is 0. The number of rotatable bonds is 9. The molecule has 0 spiro atoms. The summed E-state index contributed by atoms with van der Waals surface area (Å²) in [4.78, 5) is 27.0. The first-order valence-corrected chi connectivity index (χ1v) is 12.4. The number of aromatic nitrogens is 1. The van der Waals surface area contributed by atoms with Gasteiger partial charge in [0.05, 0.1) is 30.7 Å². The van der Waals surface area contributed by atoms with Crippen molar-refractivity contribution < 1.29 is 50.5 Å². The molecule has 0 aliphatic carbocycles. The number of nitrogens with zero attached hydrogens (tertiary/aromatic N) is 2. The molecule has 2 aromatic rings. The number of sulfonamides is 1. The van der Waals surface area contributed by atoms with Gasteiger partial charge in [0, 0.05) is 18.7 Å². The molecule has 0 saturated heterocycles. The van der Waals surface area contributed by atoms with Crippen LogP contribution in [0.25, 0.3) is 0 Å². The third-order valence-corrected chi connectivity index (χ3v) is 7.31. The highest BCUT2D eigenvalue weighted by molar-refractivity contribution is 7.92. The molecule has 0 bridgehead atoms. The van der Waals surface area contributed by atoms with Crippen molar-refractivity contribution in [3.8, 4) is 11.6 Å². The van der Waals surface area contributed by atoms with Crippen molar-refractivity contribution in [2.24, 2.45) is 0 Å². The number of carbonyl (C=O) groups excluding carboxylic acids is 1. The maximum atomic E-state index is 13.6. The number of pyridine rings is 1. The Kier molecular flexibility index (Phi) is 7.91. The molecule has 1 aliphatic heterocycles. The average Bonchev–Trinajstić information content (AvgIpc) is 2.81.